The molecule has 0 spiro atoms. The lowest BCUT2D eigenvalue weighted by molar-refractivity contribution is 0.102. The zero-order valence-corrected chi connectivity index (χ0v) is 15.7. The van der Waals surface area contributed by atoms with Crippen LogP contribution in [0.2, 0.25) is 0 Å². The highest BCUT2D eigenvalue weighted by atomic mass is 16.5. The van der Waals surface area contributed by atoms with E-state index in [0.717, 1.165) is 18.9 Å². The summed E-state index contributed by atoms with van der Waals surface area (Å²) in [6.45, 7) is 5.72. The molecule has 0 aliphatic heterocycles. The number of carbonyl (C=O) groups is 1. The van der Waals surface area contributed by atoms with Gasteiger partial charge in [0, 0.05) is 30.9 Å². The average Bonchev–Trinajstić information content (AvgIpc) is 2.68. The predicted octanol–water partition coefficient (Wildman–Crippen LogP) is 2.60. The van der Waals surface area contributed by atoms with Gasteiger partial charge in [0.1, 0.15) is 0 Å². The van der Waals surface area contributed by atoms with Crippen LogP contribution in [-0.4, -0.2) is 50.5 Å². The molecule has 0 unspecified atom stereocenters. The molecule has 8 heteroatoms. The predicted molar refractivity (Wildman–Crippen MR) is 99.6 cm³/mol. The van der Waals surface area contributed by atoms with Crippen molar-refractivity contribution in [3.63, 3.8) is 0 Å². The Morgan fingerprint density at radius 2 is 1.62 bits per heavy atom. The van der Waals surface area contributed by atoms with E-state index in [2.05, 4.69) is 15.5 Å². The number of rotatable bonds is 8. The van der Waals surface area contributed by atoms with Crippen LogP contribution in [0.15, 0.2) is 24.3 Å². The highest BCUT2D eigenvalue weighted by molar-refractivity contribution is 6.03. The number of methoxy groups -OCH3 is 3. The molecule has 2 rings (SSSR count). The molecule has 1 N–H and O–H groups in total. The molecule has 0 aliphatic carbocycles. The van der Waals surface area contributed by atoms with Crippen molar-refractivity contribution >= 4 is 17.4 Å². The SMILES string of the molecule is CCN(CC)c1ccc(C(=O)Nc2cc(OC)c(OC)c(OC)c2)nn1. The monoisotopic (exact) mass is 360 g/mol. The molecule has 2 aromatic rings. The number of amides is 1. The quantitative estimate of drug-likeness (QED) is 0.774. The third-order valence-electron chi connectivity index (χ3n) is 3.89. The summed E-state index contributed by atoms with van der Waals surface area (Å²) in [5.74, 6) is 1.71. The zero-order valence-electron chi connectivity index (χ0n) is 15.7. The van der Waals surface area contributed by atoms with Gasteiger partial charge >= 0.3 is 0 Å². The van der Waals surface area contributed by atoms with Gasteiger partial charge in [0.25, 0.3) is 5.91 Å². The van der Waals surface area contributed by atoms with Crippen molar-refractivity contribution in [2.24, 2.45) is 0 Å². The highest BCUT2D eigenvalue weighted by Gasteiger charge is 2.16. The summed E-state index contributed by atoms with van der Waals surface area (Å²) in [5.41, 5.74) is 0.716. The van der Waals surface area contributed by atoms with E-state index in [1.54, 1.807) is 24.3 Å². The van der Waals surface area contributed by atoms with Crippen molar-refractivity contribution in [2.75, 3.05) is 44.6 Å². The van der Waals surface area contributed by atoms with E-state index in [-0.39, 0.29) is 11.6 Å². The average molecular weight is 360 g/mol. The Bertz CT molecular complexity index is 720. The third-order valence-corrected chi connectivity index (χ3v) is 3.89. The number of carbonyl (C=O) groups excluding carboxylic acids is 1. The molecule has 0 atom stereocenters. The van der Waals surface area contributed by atoms with Gasteiger partial charge in [0.05, 0.1) is 21.3 Å². The van der Waals surface area contributed by atoms with Crippen LogP contribution in [0.1, 0.15) is 24.3 Å². The third kappa shape index (κ3) is 4.14. The fourth-order valence-corrected chi connectivity index (χ4v) is 2.51. The van der Waals surface area contributed by atoms with Crippen LogP contribution < -0.4 is 24.4 Å². The van der Waals surface area contributed by atoms with Gasteiger partial charge in [-0.15, -0.1) is 10.2 Å². The Kier molecular flexibility index (Phi) is 6.60. The summed E-state index contributed by atoms with van der Waals surface area (Å²) in [5, 5.41) is 10.9. The van der Waals surface area contributed by atoms with E-state index in [1.807, 2.05) is 18.7 Å². The van der Waals surface area contributed by atoms with Crippen molar-refractivity contribution in [1.82, 2.24) is 10.2 Å². The van der Waals surface area contributed by atoms with E-state index < -0.39 is 0 Å². The van der Waals surface area contributed by atoms with Gasteiger partial charge < -0.3 is 24.4 Å². The Hall–Kier alpha value is -3.03. The Balaban J connectivity index is 2.21. The second-order valence-corrected chi connectivity index (χ2v) is 5.32. The lowest BCUT2D eigenvalue weighted by atomic mass is 10.2. The minimum atomic E-state index is -0.377. The first-order valence-corrected chi connectivity index (χ1v) is 8.27. The Morgan fingerprint density at radius 1 is 1.00 bits per heavy atom. The lowest BCUT2D eigenvalue weighted by Crippen LogP contribution is -2.24. The highest BCUT2D eigenvalue weighted by Crippen LogP contribution is 2.39. The van der Waals surface area contributed by atoms with Gasteiger partial charge in [0.15, 0.2) is 23.0 Å². The molecular weight excluding hydrogens is 336 g/mol. The van der Waals surface area contributed by atoms with Crippen LogP contribution in [0.4, 0.5) is 11.5 Å². The van der Waals surface area contributed by atoms with Crippen molar-refractivity contribution in [1.29, 1.82) is 0 Å². The summed E-state index contributed by atoms with van der Waals surface area (Å²) in [6.07, 6.45) is 0. The van der Waals surface area contributed by atoms with Crippen molar-refractivity contribution in [3.05, 3.63) is 30.0 Å². The number of anilines is 2. The Labute approximate surface area is 153 Å². The smallest absolute Gasteiger partial charge is 0.276 e. The maximum atomic E-state index is 12.4. The van der Waals surface area contributed by atoms with Crippen LogP contribution in [0.3, 0.4) is 0 Å². The standard InChI is InChI=1S/C18H24N4O4/c1-6-22(7-2)16-9-8-13(20-21-16)18(23)19-12-10-14(24-3)17(26-5)15(11-12)25-4/h8-11H,6-7H2,1-5H3,(H,19,23). The summed E-state index contributed by atoms with van der Waals surface area (Å²) < 4.78 is 15.8. The Morgan fingerprint density at radius 3 is 2.04 bits per heavy atom. The maximum absolute atomic E-state index is 12.4. The van der Waals surface area contributed by atoms with Crippen LogP contribution in [-0.2, 0) is 0 Å². The molecule has 0 aliphatic rings. The molecule has 1 aromatic carbocycles. The van der Waals surface area contributed by atoms with Crippen molar-refractivity contribution in [2.45, 2.75) is 13.8 Å². The molecule has 1 aromatic heterocycles. The molecule has 0 radical (unpaired) electrons. The number of nitrogens with zero attached hydrogens (tertiary/aromatic N) is 3. The normalized spacial score (nSPS) is 10.2. The maximum Gasteiger partial charge on any atom is 0.276 e. The molecule has 8 nitrogen and oxygen atoms in total. The second-order valence-electron chi connectivity index (χ2n) is 5.32. The van der Waals surface area contributed by atoms with Crippen molar-refractivity contribution < 1.29 is 19.0 Å². The van der Waals surface area contributed by atoms with E-state index in [0.29, 0.717) is 22.9 Å². The van der Waals surface area contributed by atoms with Crippen molar-refractivity contribution in [3.8, 4) is 17.2 Å². The number of hydrogen-bond donors (Lipinski definition) is 1. The van der Waals surface area contributed by atoms with E-state index in [1.165, 1.54) is 21.3 Å². The second kappa shape index (κ2) is 8.89. The van der Waals surface area contributed by atoms with E-state index in [9.17, 15) is 4.79 Å². The molecule has 0 bridgehead atoms. The first-order valence-electron chi connectivity index (χ1n) is 8.27. The lowest BCUT2D eigenvalue weighted by Gasteiger charge is -2.18. The van der Waals surface area contributed by atoms with Crippen LogP contribution in [0.25, 0.3) is 0 Å². The van der Waals surface area contributed by atoms with Crippen LogP contribution in [0, 0.1) is 0 Å². The van der Waals surface area contributed by atoms with Crippen LogP contribution in [0.5, 0.6) is 17.2 Å². The summed E-state index contributed by atoms with van der Waals surface area (Å²) in [7, 11) is 4.55. The largest absolute Gasteiger partial charge is 0.493 e. The fourth-order valence-electron chi connectivity index (χ4n) is 2.51. The minimum absolute atomic E-state index is 0.217. The van der Waals surface area contributed by atoms with Gasteiger partial charge in [-0.1, -0.05) is 0 Å². The fraction of sp³-hybridized carbons (Fsp3) is 0.389. The van der Waals surface area contributed by atoms with Gasteiger partial charge in [-0.05, 0) is 26.0 Å². The number of aromatic nitrogens is 2. The minimum Gasteiger partial charge on any atom is -0.493 e. The number of hydrogen-bond acceptors (Lipinski definition) is 7. The molecule has 0 fully saturated rings. The molecule has 1 amide bonds. The first-order chi connectivity index (χ1) is 12.6. The summed E-state index contributed by atoms with van der Waals surface area (Å²) in [4.78, 5) is 14.5. The van der Waals surface area contributed by atoms with E-state index >= 15 is 0 Å². The summed E-state index contributed by atoms with van der Waals surface area (Å²) in [6, 6.07) is 6.73. The number of benzene rings is 1. The zero-order chi connectivity index (χ0) is 19.1. The van der Waals surface area contributed by atoms with Crippen LogP contribution >= 0.6 is 0 Å². The molecule has 1 heterocycles. The number of nitrogens with one attached hydrogen (secondary N) is 1. The van der Waals surface area contributed by atoms with Gasteiger partial charge in [0.2, 0.25) is 5.75 Å². The van der Waals surface area contributed by atoms with E-state index in [4.69, 9.17) is 14.2 Å². The number of ether oxygens (including phenoxy) is 3. The molecule has 140 valence electrons. The first kappa shape index (κ1) is 19.3. The van der Waals surface area contributed by atoms with Gasteiger partial charge in [-0.3, -0.25) is 4.79 Å². The molecule has 0 saturated carbocycles. The molecule has 0 saturated heterocycles. The topological polar surface area (TPSA) is 85.8 Å². The molecular formula is C18H24N4O4. The van der Waals surface area contributed by atoms with Gasteiger partial charge in [-0.25, -0.2) is 0 Å². The molecule has 26 heavy (non-hydrogen) atoms. The van der Waals surface area contributed by atoms with Gasteiger partial charge in [-0.2, -0.15) is 0 Å². The summed E-state index contributed by atoms with van der Waals surface area (Å²) >= 11 is 0.